The van der Waals surface area contributed by atoms with Crippen LogP contribution in [0.2, 0.25) is 5.02 Å². The quantitative estimate of drug-likeness (QED) is 0.881. The minimum absolute atomic E-state index is 0.174. The number of anilines is 1. The van der Waals surface area contributed by atoms with Gasteiger partial charge < -0.3 is 9.88 Å². The summed E-state index contributed by atoms with van der Waals surface area (Å²) in [6, 6.07) is 3.85. The molecule has 0 spiro atoms. The van der Waals surface area contributed by atoms with Crippen LogP contribution in [-0.2, 0) is 11.8 Å². The summed E-state index contributed by atoms with van der Waals surface area (Å²) < 4.78 is 14.8. The highest BCUT2D eigenvalue weighted by molar-refractivity contribution is 8.00. The van der Waals surface area contributed by atoms with E-state index >= 15 is 0 Å². The molecule has 0 aliphatic carbocycles. The highest BCUT2D eigenvalue weighted by Gasteiger charge is 2.17. The molecule has 2 aromatic rings. The van der Waals surface area contributed by atoms with E-state index in [9.17, 15) is 9.18 Å². The standard InChI is InChI=1S/C13H13ClFN3OS/c1-8(20-13-16-5-6-18(13)2)12(19)17-11-4-3-9(15)7-10(11)14/h3-8H,1-2H3,(H,17,19)/t8-/m1/s1. The van der Waals surface area contributed by atoms with E-state index in [2.05, 4.69) is 10.3 Å². The fourth-order valence-corrected chi connectivity index (χ4v) is 2.55. The number of nitrogens with zero attached hydrogens (tertiary/aromatic N) is 2. The average molecular weight is 314 g/mol. The van der Waals surface area contributed by atoms with Crippen molar-refractivity contribution in [2.24, 2.45) is 7.05 Å². The molecule has 7 heteroatoms. The van der Waals surface area contributed by atoms with Crippen molar-refractivity contribution in [3.63, 3.8) is 0 Å². The first-order chi connectivity index (χ1) is 9.47. The second kappa shape index (κ2) is 6.28. The number of aryl methyl sites for hydroxylation is 1. The highest BCUT2D eigenvalue weighted by atomic mass is 35.5. The molecule has 1 aromatic heterocycles. The molecule has 0 saturated heterocycles. The van der Waals surface area contributed by atoms with Crippen molar-refractivity contribution in [1.29, 1.82) is 0 Å². The van der Waals surface area contributed by atoms with Crippen molar-refractivity contribution < 1.29 is 9.18 Å². The van der Waals surface area contributed by atoms with Gasteiger partial charge in [0, 0.05) is 19.4 Å². The summed E-state index contributed by atoms with van der Waals surface area (Å²) >= 11 is 7.20. The number of nitrogens with one attached hydrogen (secondary N) is 1. The smallest absolute Gasteiger partial charge is 0.237 e. The number of imidazole rings is 1. The van der Waals surface area contributed by atoms with E-state index in [1.54, 1.807) is 13.1 Å². The van der Waals surface area contributed by atoms with Crippen molar-refractivity contribution in [3.05, 3.63) is 41.4 Å². The summed E-state index contributed by atoms with van der Waals surface area (Å²) in [6.07, 6.45) is 3.48. The van der Waals surface area contributed by atoms with Crippen LogP contribution in [0, 0.1) is 5.82 Å². The SMILES string of the molecule is C[C@@H](Sc1nccn1C)C(=O)Nc1ccc(F)cc1Cl. The minimum atomic E-state index is -0.441. The molecule has 0 saturated carbocycles. The van der Waals surface area contributed by atoms with Gasteiger partial charge in [-0.05, 0) is 25.1 Å². The molecule has 106 valence electrons. The third-order valence-electron chi connectivity index (χ3n) is 2.62. The number of thioether (sulfide) groups is 1. The summed E-state index contributed by atoms with van der Waals surface area (Å²) in [5.74, 6) is -0.657. The molecule has 0 unspecified atom stereocenters. The third kappa shape index (κ3) is 3.52. The number of benzene rings is 1. The van der Waals surface area contributed by atoms with E-state index in [-0.39, 0.29) is 16.2 Å². The molecule has 1 N–H and O–H groups in total. The summed E-state index contributed by atoms with van der Waals surface area (Å²) in [5.41, 5.74) is 0.394. The van der Waals surface area contributed by atoms with Crippen LogP contribution in [0.1, 0.15) is 6.92 Å². The second-order valence-corrected chi connectivity index (χ2v) is 5.91. The number of carbonyl (C=O) groups is 1. The number of amides is 1. The molecule has 1 amide bonds. The predicted octanol–water partition coefficient (Wildman–Crippen LogP) is 3.33. The summed E-state index contributed by atoms with van der Waals surface area (Å²) in [5, 5.41) is 3.25. The molecule has 20 heavy (non-hydrogen) atoms. The Morgan fingerprint density at radius 3 is 2.90 bits per heavy atom. The van der Waals surface area contributed by atoms with E-state index in [1.165, 1.54) is 23.9 Å². The summed E-state index contributed by atoms with van der Waals surface area (Å²) in [4.78, 5) is 16.2. The van der Waals surface area contributed by atoms with Crippen LogP contribution in [0.5, 0.6) is 0 Å². The number of carbonyl (C=O) groups excluding carboxylic acids is 1. The van der Waals surface area contributed by atoms with E-state index in [0.717, 1.165) is 11.2 Å². The van der Waals surface area contributed by atoms with Crippen LogP contribution in [0.15, 0.2) is 35.7 Å². The third-order valence-corrected chi connectivity index (χ3v) is 4.10. The molecule has 1 atom stereocenters. The maximum absolute atomic E-state index is 12.9. The lowest BCUT2D eigenvalue weighted by atomic mass is 10.3. The van der Waals surface area contributed by atoms with Gasteiger partial charge in [-0.25, -0.2) is 9.37 Å². The molecule has 0 aliphatic heterocycles. The topological polar surface area (TPSA) is 46.9 Å². The van der Waals surface area contributed by atoms with Crippen molar-refractivity contribution >= 4 is 35.0 Å². The van der Waals surface area contributed by atoms with Gasteiger partial charge in [0.25, 0.3) is 0 Å². The van der Waals surface area contributed by atoms with Crippen LogP contribution >= 0.6 is 23.4 Å². The zero-order valence-electron chi connectivity index (χ0n) is 10.9. The van der Waals surface area contributed by atoms with Crippen LogP contribution in [-0.4, -0.2) is 20.7 Å². The molecule has 0 aliphatic rings. The van der Waals surface area contributed by atoms with Crippen LogP contribution in [0.25, 0.3) is 0 Å². The first-order valence-corrected chi connectivity index (χ1v) is 7.13. The lowest BCUT2D eigenvalue weighted by Gasteiger charge is -2.12. The first-order valence-electron chi connectivity index (χ1n) is 5.87. The van der Waals surface area contributed by atoms with Gasteiger partial charge >= 0.3 is 0 Å². The van der Waals surface area contributed by atoms with Crippen LogP contribution in [0.3, 0.4) is 0 Å². The Labute approximate surface area is 125 Å². The molecule has 1 aromatic carbocycles. The van der Waals surface area contributed by atoms with Crippen molar-refractivity contribution in [1.82, 2.24) is 9.55 Å². The van der Waals surface area contributed by atoms with E-state index in [4.69, 9.17) is 11.6 Å². The van der Waals surface area contributed by atoms with Gasteiger partial charge in [-0.1, -0.05) is 23.4 Å². The second-order valence-electron chi connectivity index (χ2n) is 4.19. The van der Waals surface area contributed by atoms with Gasteiger partial charge in [0.1, 0.15) is 5.82 Å². The Bertz CT molecular complexity index is 632. The fourth-order valence-electron chi connectivity index (χ4n) is 1.50. The molecule has 0 fully saturated rings. The van der Waals surface area contributed by atoms with E-state index < -0.39 is 5.82 Å². The fraction of sp³-hybridized carbons (Fsp3) is 0.231. The van der Waals surface area contributed by atoms with Crippen molar-refractivity contribution in [2.75, 3.05) is 5.32 Å². The number of hydrogen-bond acceptors (Lipinski definition) is 3. The zero-order valence-corrected chi connectivity index (χ0v) is 12.5. The first kappa shape index (κ1) is 14.9. The highest BCUT2D eigenvalue weighted by Crippen LogP contribution is 2.25. The minimum Gasteiger partial charge on any atom is -0.329 e. The molecule has 0 bridgehead atoms. The van der Waals surface area contributed by atoms with Gasteiger partial charge in [0.05, 0.1) is 16.0 Å². The summed E-state index contributed by atoms with van der Waals surface area (Å²) in [6.45, 7) is 1.77. The van der Waals surface area contributed by atoms with Crippen molar-refractivity contribution in [2.45, 2.75) is 17.3 Å². The van der Waals surface area contributed by atoms with Gasteiger partial charge in [-0.15, -0.1) is 0 Å². The predicted molar refractivity (Wildman–Crippen MR) is 78.6 cm³/mol. The normalized spacial score (nSPS) is 12.2. The molecule has 2 rings (SSSR count). The number of aromatic nitrogens is 2. The Morgan fingerprint density at radius 2 is 2.30 bits per heavy atom. The lowest BCUT2D eigenvalue weighted by molar-refractivity contribution is -0.115. The Balaban J connectivity index is 2.02. The van der Waals surface area contributed by atoms with Gasteiger partial charge in [-0.2, -0.15) is 0 Å². The van der Waals surface area contributed by atoms with Crippen LogP contribution < -0.4 is 5.32 Å². The number of halogens is 2. The molecule has 1 heterocycles. The Kier molecular flexibility index (Phi) is 4.67. The van der Waals surface area contributed by atoms with Crippen molar-refractivity contribution in [3.8, 4) is 0 Å². The zero-order chi connectivity index (χ0) is 14.7. The Hall–Kier alpha value is -1.53. The molecule has 4 nitrogen and oxygen atoms in total. The largest absolute Gasteiger partial charge is 0.329 e. The number of hydrogen-bond donors (Lipinski definition) is 1. The monoisotopic (exact) mass is 313 g/mol. The maximum atomic E-state index is 12.9. The Morgan fingerprint density at radius 1 is 1.55 bits per heavy atom. The van der Waals surface area contributed by atoms with Gasteiger partial charge in [0.15, 0.2) is 5.16 Å². The lowest BCUT2D eigenvalue weighted by Crippen LogP contribution is -2.23. The van der Waals surface area contributed by atoms with Gasteiger partial charge in [0.2, 0.25) is 5.91 Å². The van der Waals surface area contributed by atoms with E-state index in [1.807, 2.05) is 17.8 Å². The average Bonchev–Trinajstić information content (AvgIpc) is 2.78. The maximum Gasteiger partial charge on any atom is 0.237 e. The molecular weight excluding hydrogens is 301 g/mol. The molecule has 0 radical (unpaired) electrons. The summed E-state index contributed by atoms with van der Waals surface area (Å²) in [7, 11) is 1.86. The number of rotatable bonds is 4. The van der Waals surface area contributed by atoms with Crippen LogP contribution in [0.4, 0.5) is 10.1 Å². The van der Waals surface area contributed by atoms with Gasteiger partial charge in [-0.3, -0.25) is 4.79 Å². The van der Waals surface area contributed by atoms with E-state index in [0.29, 0.717) is 5.69 Å². The molecular formula is C13H13ClFN3OS.